The molecule has 0 saturated heterocycles. The van der Waals surface area contributed by atoms with E-state index in [1.165, 1.54) is 13.0 Å². The second-order valence-corrected chi connectivity index (χ2v) is 9.42. The van der Waals surface area contributed by atoms with Gasteiger partial charge in [-0.1, -0.05) is 90.6 Å². The Morgan fingerprint density at radius 3 is 2.16 bits per heavy atom. The fourth-order valence-electron chi connectivity index (χ4n) is 3.49. The van der Waals surface area contributed by atoms with E-state index in [4.69, 9.17) is 15.6 Å². The van der Waals surface area contributed by atoms with Crippen LogP contribution in [0.4, 0.5) is 0 Å². The number of aliphatic imine (C=N–C) groups is 1. The summed E-state index contributed by atoms with van der Waals surface area (Å²) in [7, 11) is 0. The number of aliphatic hydroxyl groups is 1. The lowest BCUT2D eigenvalue weighted by Crippen LogP contribution is -2.53. The Balaban J connectivity index is 1.74. The van der Waals surface area contributed by atoms with Gasteiger partial charge in [0, 0.05) is 23.5 Å². The van der Waals surface area contributed by atoms with Gasteiger partial charge >= 0.3 is 5.97 Å². The van der Waals surface area contributed by atoms with Crippen LogP contribution < -0.4 is 11.1 Å². The lowest BCUT2D eigenvalue weighted by molar-refractivity contribution is -0.148. The number of aromatic amines is 1. The summed E-state index contributed by atoms with van der Waals surface area (Å²) in [6.45, 7) is 5.49. The van der Waals surface area contributed by atoms with Crippen LogP contribution in [0, 0.1) is 0 Å². The molecule has 0 aromatic carbocycles. The summed E-state index contributed by atoms with van der Waals surface area (Å²) in [5.41, 5.74) is 7.16. The molecule has 2 amide bonds. The van der Waals surface area contributed by atoms with Crippen LogP contribution in [0.25, 0.3) is 6.08 Å². The lowest BCUT2D eigenvalue weighted by Gasteiger charge is -2.17. The van der Waals surface area contributed by atoms with Gasteiger partial charge in [-0.3, -0.25) is 9.59 Å². The van der Waals surface area contributed by atoms with Gasteiger partial charge < -0.3 is 31.0 Å². The number of H-pyrrole nitrogens is 1. The average Bonchev–Trinajstić information content (AvgIpc) is 3.61. The molecule has 1 aliphatic heterocycles. The molecule has 0 aliphatic carbocycles. The van der Waals surface area contributed by atoms with Crippen molar-refractivity contribution in [1.29, 1.82) is 0 Å². The minimum Gasteiger partial charge on any atom is -0.480 e. The van der Waals surface area contributed by atoms with Crippen LogP contribution >= 0.6 is 0 Å². The van der Waals surface area contributed by atoms with Gasteiger partial charge in [0.25, 0.3) is 0 Å². The molecule has 43 heavy (non-hydrogen) atoms. The van der Waals surface area contributed by atoms with Gasteiger partial charge in [0.15, 0.2) is 12.1 Å². The first-order valence-corrected chi connectivity index (χ1v) is 13.5. The number of nitrogens with one attached hydrogen (secondary N) is 2. The van der Waals surface area contributed by atoms with Gasteiger partial charge in [-0.15, -0.1) is 0 Å². The van der Waals surface area contributed by atoms with Crippen molar-refractivity contribution in [3.63, 3.8) is 0 Å². The topological polar surface area (TPSA) is 167 Å². The molecule has 10 nitrogen and oxygen atoms in total. The Labute approximate surface area is 251 Å². The molecule has 0 fully saturated rings. The van der Waals surface area contributed by atoms with Crippen molar-refractivity contribution in [3.8, 4) is 0 Å². The van der Waals surface area contributed by atoms with Crippen LogP contribution in [0.2, 0.25) is 0 Å². The number of allylic oxidation sites excluding steroid dienone is 14. The lowest BCUT2D eigenvalue weighted by atomic mass is 10.1. The first-order valence-electron chi connectivity index (χ1n) is 13.5. The Hall–Kier alpha value is -5.22. The van der Waals surface area contributed by atoms with E-state index < -0.39 is 29.9 Å². The van der Waals surface area contributed by atoms with E-state index in [2.05, 4.69) is 21.4 Å². The molecule has 0 bridgehead atoms. The van der Waals surface area contributed by atoms with Crippen LogP contribution in [0.1, 0.15) is 26.5 Å². The van der Waals surface area contributed by atoms with Crippen molar-refractivity contribution in [2.75, 3.05) is 0 Å². The summed E-state index contributed by atoms with van der Waals surface area (Å²) >= 11 is 0. The molecule has 0 radical (unpaired) electrons. The van der Waals surface area contributed by atoms with E-state index in [9.17, 15) is 19.5 Å². The number of carboxylic acid groups (broad SMARTS) is 1. The minimum atomic E-state index is -2.04. The molecule has 10 heteroatoms. The Morgan fingerprint density at radius 2 is 1.60 bits per heavy atom. The summed E-state index contributed by atoms with van der Waals surface area (Å²) in [4.78, 5) is 42.0. The number of carboxylic acids is 1. The largest absolute Gasteiger partial charge is 0.480 e. The van der Waals surface area contributed by atoms with Crippen LogP contribution in [0.15, 0.2) is 126 Å². The molecule has 2 heterocycles. The van der Waals surface area contributed by atoms with Gasteiger partial charge in [-0.25, -0.2) is 9.79 Å². The zero-order valence-corrected chi connectivity index (χ0v) is 24.3. The van der Waals surface area contributed by atoms with Crippen molar-refractivity contribution in [1.82, 2.24) is 10.3 Å². The van der Waals surface area contributed by atoms with E-state index in [0.29, 0.717) is 5.90 Å². The van der Waals surface area contributed by atoms with Crippen molar-refractivity contribution >= 4 is 29.8 Å². The minimum absolute atomic E-state index is 0.0291. The molecule has 0 spiro atoms. The van der Waals surface area contributed by atoms with Crippen molar-refractivity contribution in [2.24, 2.45) is 10.7 Å². The fraction of sp³-hybridized carbons (Fsp3) is 0.212. The highest BCUT2D eigenvalue weighted by molar-refractivity contribution is 5.97. The van der Waals surface area contributed by atoms with Gasteiger partial charge in [-0.05, 0) is 39.0 Å². The number of carbonyl (C=O) groups excluding carboxylic acids is 2. The third kappa shape index (κ3) is 12.9. The van der Waals surface area contributed by atoms with Gasteiger partial charge in [0.1, 0.15) is 12.1 Å². The van der Waals surface area contributed by atoms with Crippen molar-refractivity contribution < 1.29 is 29.3 Å². The number of ether oxygens (including phenoxy) is 1. The first kappa shape index (κ1) is 34.0. The second kappa shape index (κ2) is 18.3. The number of hydrogen-bond acceptors (Lipinski definition) is 6. The predicted octanol–water partition coefficient (Wildman–Crippen LogP) is 3.86. The second-order valence-electron chi connectivity index (χ2n) is 9.42. The maximum absolute atomic E-state index is 12.1. The molecule has 1 aromatic heterocycles. The molecule has 226 valence electrons. The van der Waals surface area contributed by atoms with Crippen molar-refractivity contribution in [3.05, 3.63) is 126 Å². The number of primary amides is 1. The van der Waals surface area contributed by atoms with E-state index in [1.807, 2.05) is 92.9 Å². The normalized spacial score (nSPS) is 19.9. The molecular formula is C33H38N4O6. The summed E-state index contributed by atoms with van der Waals surface area (Å²) in [6, 6.07) is 2.04. The SMILES string of the molecule is CC(/C=C/C=C/C=C/C=C/C=C/C=C/C=C(\C)C(=O)N[C@@H](C(=O)O)[C@H](O)C(N)=O)=C\[C@H]1N=C(/C=C/c2ccc[nH]2)O[C@@H]1C. The molecule has 0 saturated carbocycles. The highest BCUT2D eigenvalue weighted by Gasteiger charge is 2.32. The molecule has 4 atom stereocenters. The summed E-state index contributed by atoms with van der Waals surface area (Å²) in [6.07, 6.45) is 29.2. The number of aromatic nitrogens is 1. The van der Waals surface area contributed by atoms with Crippen LogP contribution in [0.5, 0.6) is 0 Å². The average molecular weight is 587 g/mol. The van der Waals surface area contributed by atoms with Gasteiger partial charge in [-0.2, -0.15) is 0 Å². The number of carbonyl (C=O) groups is 3. The van der Waals surface area contributed by atoms with Gasteiger partial charge in [0.05, 0.1) is 0 Å². The van der Waals surface area contributed by atoms with E-state index in [1.54, 1.807) is 24.3 Å². The standard InChI is InChI=1S/C33H38N4O6/c1-23(22-27-25(3)43-28(36-27)20-19-26-18-15-21-35-26)16-13-11-9-7-5-4-6-8-10-12-14-17-24(2)32(40)37-29(33(41)42)30(38)31(34)39/h4-22,25,27,29-30,35,38H,1-3H3,(H2,34,39)(H,37,40)(H,41,42)/b6-4+,7-5+,10-8+,11-9+,14-12+,16-13+,20-19+,23-22+,24-17+/t25-,27-,29-,30+/m1/s1. The zero-order chi connectivity index (χ0) is 31.6. The number of hydrogen-bond donors (Lipinski definition) is 5. The monoisotopic (exact) mass is 586 g/mol. The maximum atomic E-state index is 12.1. The first-order chi connectivity index (χ1) is 20.6. The van der Waals surface area contributed by atoms with Crippen LogP contribution in [-0.4, -0.2) is 63.2 Å². The van der Waals surface area contributed by atoms with Gasteiger partial charge in [0.2, 0.25) is 17.7 Å². The number of nitrogens with zero attached hydrogens (tertiary/aromatic N) is 1. The zero-order valence-electron chi connectivity index (χ0n) is 24.3. The van der Waals surface area contributed by atoms with Crippen LogP contribution in [-0.2, 0) is 19.1 Å². The molecule has 1 aliphatic rings. The number of rotatable bonds is 15. The fourth-order valence-corrected chi connectivity index (χ4v) is 3.49. The van der Waals surface area contributed by atoms with E-state index in [0.717, 1.165) is 11.3 Å². The Bertz CT molecular complexity index is 1400. The molecule has 0 unspecified atom stereocenters. The maximum Gasteiger partial charge on any atom is 0.329 e. The molecule has 2 rings (SSSR count). The quantitative estimate of drug-likeness (QED) is 0.155. The van der Waals surface area contributed by atoms with E-state index in [-0.39, 0.29) is 17.7 Å². The van der Waals surface area contributed by atoms with Crippen LogP contribution in [0.3, 0.4) is 0 Å². The molecule has 6 N–H and O–H groups in total. The molecular weight excluding hydrogens is 548 g/mol. The predicted molar refractivity (Wildman–Crippen MR) is 169 cm³/mol. The summed E-state index contributed by atoms with van der Waals surface area (Å²) in [5.74, 6) is -2.96. The number of amides is 2. The number of aliphatic carboxylic acids is 1. The number of nitrogens with two attached hydrogens (primary N) is 1. The molecule has 1 aromatic rings. The summed E-state index contributed by atoms with van der Waals surface area (Å²) in [5, 5.41) is 20.7. The Kier molecular flexibility index (Phi) is 14.4. The smallest absolute Gasteiger partial charge is 0.329 e. The third-order valence-electron chi connectivity index (χ3n) is 5.86. The number of aliphatic hydroxyl groups excluding tert-OH is 1. The summed E-state index contributed by atoms with van der Waals surface area (Å²) < 4.78 is 5.83. The Morgan fingerprint density at radius 1 is 1.00 bits per heavy atom. The van der Waals surface area contributed by atoms with E-state index >= 15 is 0 Å². The van der Waals surface area contributed by atoms with Crippen molar-refractivity contribution in [2.45, 2.75) is 45.1 Å². The highest BCUT2D eigenvalue weighted by atomic mass is 16.5. The third-order valence-corrected chi connectivity index (χ3v) is 5.86. The highest BCUT2D eigenvalue weighted by Crippen LogP contribution is 2.17.